The minimum atomic E-state index is -1.46. The van der Waals surface area contributed by atoms with E-state index in [2.05, 4.69) is 75.8 Å². The van der Waals surface area contributed by atoms with Gasteiger partial charge in [0.05, 0.1) is 28.3 Å². The largest absolute Gasteiger partial charge is 1.00 e. The number of carbonyl (C=O) groups is 9. The number of hydrogen-bond donors (Lipinski definition) is 10. The number of likely N-dealkylation sites (tertiary alicyclic amines) is 3. The fraction of sp³-hybridized carbons (Fsp3) is 0.657. The molecule has 3 radical (unpaired) electrons. The third-order valence-electron chi connectivity index (χ3n) is 28.2. The minimum absolute atomic E-state index is 0. The summed E-state index contributed by atoms with van der Waals surface area (Å²) in [4.78, 5) is 143. The Morgan fingerprint density at radius 1 is 0.480 bits per heavy atom. The van der Waals surface area contributed by atoms with E-state index in [9.17, 15) is 43.2 Å². The summed E-state index contributed by atoms with van der Waals surface area (Å²) in [7, 11) is -1.46. The molecular weight excluding hydrogens is 1930 g/mol. The van der Waals surface area contributed by atoms with Crippen LogP contribution in [0.5, 0.6) is 0 Å². The average molecular weight is 2090 g/mol. The van der Waals surface area contributed by atoms with Crippen LogP contribution >= 0.6 is 12.4 Å². The van der Waals surface area contributed by atoms with Crippen molar-refractivity contribution in [1.82, 2.24) is 66.0 Å². The Hall–Kier alpha value is -11.3. The van der Waals surface area contributed by atoms with Crippen molar-refractivity contribution in [3.05, 3.63) is 108 Å². The molecule has 10 unspecified atom stereocenters. The van der Waals surface area contributed by atoms with Gasteiger partial charge in [-0.2, -0.15) is 21.0 Å². The molecule has 0 aliphatic carbocycles. The summed E-state index contributed by atoms with van der Waals surface area (Å²) in [6, 6.07) is 30.5. The summed E-state index contributed by atoms with van der Waals surface area (Å²) >= 11 is 0. The number of rotatable bonds is 15. The van der Waals surface area contributed by atoms with Crippen LogP contribution in [0.25, 0.3) is 0 Å². The van der Waals surface area contributed by atoms with Gasteiger partial charge in [-0.25, -0.2) is 43.6 Å². The number of nitrogens with zero attached hydrogens (tertiary/aromatic N) is 16. The number of nitriles is 4. The van der Waals surface area contributed by atoms with E-state index in [0.717, 1.165) is 191 Å². The number of carboxylic acids is 1. The molecule has 14 N–H and O–H groups in total. The van der Waals surface area contributed by atoms with Crippen LogP contribution in [0, 0.1) is 74.9 Å². The maximum absolute atomic E-state index is 13.0. The summed E-state index contributed by atoms with van der Waals surface area (Å²) in [5, 5.41) is 69.3. The number of aromatic nitrogens is 3. The number of fused-ring (bicyclic) bond motifs is 10. The van der Waals surface area contributed by atoms with Gasteiger partial charge in [0.15, 0.2) is 8.24 Å². The maximum Gasteiger partial charge on any atom is 1.00 e. The van der Waals surface area contributed by atoms with Crippen molar-refractivity contribution in [2.45, 2.75) is 370 Å². The number of nitrogens with one attached hydrogen (secondary N) is 6. The van der Waals surface area contributed by atoms with Crippen LogP contribution in [0.2, 0.25) is 19.6 Å². The van der Waals surface area contributed by atoms with Crippen LogP contribution in [-0.4, -0.2) is 291 Å². The first-order valence-electron chi connectivity index (χ1n) is 51.2. The molecule has 4 aromatic rings. The molecule has 1 aromatic carbocycles. The van der Waals surface area contributed by atoms with Gasteiger partial charge in [0.2, 0.25) is 23.8 Å². The molecule has 0 saturated carbocycles. The number of urea groups is 1. The van der Waals surface area contributed by atoms with Gasteiger partial charge in [-0.05, 0) is 308 Å². The van der Waals surface area contributed by atoms with E-state index in [4.69, 9.17) is 68.5 Å². The van der Waals surface area contributed by atoms with Crippen molar-refractivity contribution in [2.75, 3.05) is 73.6 Å². The van der Waals surface area contributed by atoms with Crippen molar-refractivity contribution >= 4 is 112 Å². The van der Waals surface area contributed by atoms with Gasteiger partial charge in [-0.15, -0.1) is 12.4 Å². The zero-order valence-corrected chi connectivity index (χ0v) is 92.7. The molecular formula is C105H155BClN25NaO14Si. The van der Waals surface area contributed by atoms with E-state index in [-0.39, 0.29) is 159 Å². The Labute approximate surface area is 904 Å². The molecule has 10 bridgehead atoms. The number of isocyanates is 1. The number of carboxylic acid groups (broad SMARTS) is 1. The molecule has 43 heteroatoms. The number of anilines is 4. The molecule has 0 spiro atoms. The second kappa shape index (κ2) is 58.8. The monoisotopic (exact) mass is 2090 g/mol. The number of halogens is 1. The summed E-state index contributed by atoms with van der Waals surface area (Å²) in [6.45, 7) is 35.3. The Morgan fingerprint density at radius 3 is 1.07 bits per heavy atom. The molecule has 18 rings (SSSR count). The fourth-order valence-corrected chi connectivity index (χ4v) is 22.4. The Bertz CT molecular complexity index is 5160. The molecule has 14 fully saturated rings. The molecule has 148 heavy (non-hydrogen) atoms. The number of ketones is 1. The first kappa shape index (κ1) is 125. The molecule has 799 valence electrons. The van der Waals surface area contributed by atoms with Crippen molar-refractivity contribution < 1.29 is 96.8 Å². The number of amides is 8. The van der Waals surface area contributed by atoms with Crippen LogP contribution < -0.4 is 79.1 Å². The van der Waals surface area contributed by atoms with E-state index in [1.165, 1.54) is 19.3 Å². The van der Waals surface area contributed by atoms with Crippen molar-refractivity contribution in [1.29, 1.82) is 26.3 Å². The topological polar surface area (TPSA) is 570 Å². The maximum atomic E-state index is 13.0. The van der Waals surface area contributed by atoms with Crippen LogP contribution in [0.1, 0.15) is 265 Å². The molecule has 14 atom stereocenters. The summed E-state index contributed by atoms with van der Waals surface area (Å²) in [5.74, 6) is 3.62. The number of primary amides is 1. The minimum Gasteiger partial charge on any atom is -0.512 e. The zero-order chi connectivity index (χ0) is 105. The SMILES string of the molecule is CC(=O)O.CC(C)(C)OC(=O)N1C2CCC1CC(=O)C2.CC(C)(C)OC(=O)N1C2CCC1CC(CC(=O)N1CC[C@@H](Nc3ccc(C#N)cn3)C1)C2.CC(C)(C)OC(=O)N1C2CCC1CC(N)C2.C[Si](C)(C)N=C=O.Cl.N.N#Cc1ccc(N[C@@H]2CCN(C(=O)CC3CC4CCC(C3)N4)C2)nc1.N#Cc1ccc(N[C@@H]2CCN(C(=O)CC3CC4CCC(C3)N4C(N)=O)C2)nc1.N#Cc1ccc(N[C@@H]2CCNC2)cc1.[B].[C-]#N.[Na+]. The molecule has 3 aromatic heterocycles. The van der Waals surface area contributed by atoms with Gasteiger partial charge in [0, 0.05) is 208 Å². The van der Waals surface area contributed by atoms with Crippen LogP contribution in [0.15, 0.2) is 83.9 Å². The molecule has 39 nitrogen and oxygen atoms in total. The molecule has 8 amide bonds. The van der Waals surface area contributed by atoms with Crippen molar-refractivity contribution in [3.63, 3.8) is 0 Å². The van der Waals surface area contributed by atoms with Crippen molar-refractivity contribution in [2.24, 2.45) is 33.9 Å². The average Bonchev–Trinajstić information content (AvgIpc) is 1.65. The van der Waals surface area contributed by atoms with Crippen molar-refractivity contribution in [3.8, 4) is 24.3 Å². The summed E-state index contributed by atoms with van der Waals surface area (Å²) < 4.78 is 20.0. The van der Waals surface area contributed by atoms with Crippen LogP contribution in [0.3, 0.4) is 0 Å². The molecule has 17 heterocycles. The number of piperidine rings is 5. The second-order valence-electron chi connectivity index (χ2n) is 44.3. The number of aliphatic carboxylic acids is 1. The van der Waals surface area contributed by atoms with Gasteiger partial charge in [-0.1, -0.05) is 0 Å². The zero-order valence-electron chi connectivity index (χ0n) is 88.9. The predicted octanol–water partition coefficient (Wildman–Crippen LogP) is 11.0. The van der Waals surface area contributed by atoms with E-state index < -0.39 is 31.0 Å². The number of nitrogens with two attached hydrogens (primary N) is 2. The van der Waals surface area contributed by atoms with Crippen LogP contribution in [0.4, 0.5) is 42.3 Å². The quantitative estimate of drug-likeness (QED) is 0.0174. The van der Waals surface area contributed by atoms with Gasteiger partial charge < -0.3 is 115 Å². The molecule has 14 aliphatic heterocycles. The standard InChI is InChI=1S/C24H33N5O3.C20H26N6O2.C19H25N5O.C12H22N2O2.C12H19NO3.C11H13N3.C4H9NOSi.C2H4O2.CN.B.ClH.H3N.Na/c1-24(2,3)32-23(31)29-19-5-6-20(29)11-17(10-19)12-22(30)28-9-8-18(15-28)27-21-7-4-16(13-25)14-26-21;21-10-13-1-4-18(23-11-13)24-15-5-6-25(12-15)19(27)9-14-7-16-2-3-17(8-14)26(16)20(22)28;20-10-13-1-4-18(21-11-13)23-17-5-6-24(12-17)19(25)9-14-7-15-2-3-16(8-14)22-15;1-12(2,3)16-11(15)14-9-4-5-10(14)7-8(13)6-9;1-12(2,3)16-11(15)13-8-4-5-9(13)7-10(14)6-8;12-7-9-1-3-10(4-2-9)14-11-5-6-13-8-11;1-7(2,3)5-4-6;1-2(3)4;1-2;;;;/h4,7,14,17-20H,5-6,8-12,15H2,1-3H3,(H,26,27);1,4,11,14-17H,2-3,5-9,12H2,(H2,22,28)(H,23,24);1,4,11,14-17,22H,2-3,5-9,12H2,(H,21,23);8-10H,4-7,13H2,1-3H3;8-9H,4-7H2,1-3H3;1-4,11,13-14H,5-6,8H2;1-3H3;1H3,(H,3,4);;;1H;1H3;/q;;;;;;;;-1;;;;+1/t17?,18-,19?,20?;14?,15-,16?,17?;14?,15?,16?,17-;;;11-;;;;;;;/m111..1......./s1. The van der Waals surface area contributed by atoms with E-state index in [1.807, 2.05) is 142 Å². The summed E-state index contributed by atoms with van der Waals surface area (Å²) in [6.07, 6.45) is 30.6. The summed E-state index contributed by atoms with van der Waals surface area (Å²) in [5.41, 5.74) is 13.6. The Morgan fingerprint density at radius 2 is 0.791 bits per heavy atom. The number of Topliss-reactive ketones (excluding diaryl/α,β-unsaturated/α-hetero) is 1. The number of carbonyl (C=O) groups excluding carboxylic acids is 9. The number of ether oxygens (including phenoxy) is 3. The van der Waals surface area contributed by atoms with Gasteiger partial charge in [0.25, 0.3) is 5.97 Å². The Kier molecular flexibility index (Phi) is 49.8. The predicted molar refractivity (Wildman–Crippen MR) is 563 cm³/mol. The van der Waals surface area contributed by atoms with E-state index >= 15 is 0 Å². The second-order valence-corrected chi connectivity index (χ2v) is 48.9. The van der Waals surface area contributed by atoms with E-state index in [0.29, 0.717) is 121 Å². The third kappa shape index (κ3) is 39.6. The molecule has 14 aliphatic rings. The first-order valence-corrected chi connectivity index (χ1v) is 54.6. The fourth-order valence-electron chi connectivity index (χ4n) is 22.1. The first-order chi connectivity index (χ1) is 68.3. The third-order valence-corrected chi connectivity index (χ3v) is 29.0. The number of pyridine rings is 3. The van der Waals surface area contributed by atoms with Gasteiger partial charge >= 0.3 is 53.9 Å². The van der Waals surface area contributed by atoms with E-state index in [1.54, 1.807) is 59.9 Å². The van der Waals surface area contributed by atoms with Gasteiger partial charge in [0.1, 0.15) is 58.2 Å². The van der Waals surface area contributed by atoms with Gasteiger partial charge in [-0.3, -0.25) is 24.0 Å². The number of hydrogen-bond acceptors (Lipinski definition) is 30. The van der Waals surface area contributed by atoms with Crippen LogP contribution in [-0.2, 0) is 43.0 Å². The normalized spacial score (nSPS) is 26.0. The molecule has 14 saturated heterocycles. The Balaban J connectivity index is 0.000000268. The number of benzene rings is 1. The smallest absolute Gasteiger partial charge is 0.512 e.